The van der Waals surface area contributed by atoms with E-state index >= 15 is 0 Å². The molecule has 0 aliphatic rings. The third-order valence-corrected chi connectivity index (χ3v) is 4.58. The van der Waals surface area contributed by atoms with Gasteiger partial charge >= 0.3 is 11.9 Å². The normalized spacial score (nSPS) is 12.1. The van der Waals surface area contributed by atoms with E-state index in [4.69, 9.17) is 9.84 Å². The highest BCUT2D eigenvalue weighted by Gasteiger charge is 2.14. The Hall–Kier alpha value is -1.06. The molecule has 0 bridgehead atoms. The van der Waals surface area contributed by atoms with Crippen LogP contribution in [0.5, 0.6) is 0 Å². The number of carboxylic acids is 1. The Morgan fingerprint density at radius 2 is 1.24 bits per heavy atom. The number of ether oxygens (including phenoxy) is 1. The summed E-state index contributed by atoms with van der Waals surface area (Å²) in [5, 5.41) is 8.65. The Kier molecular flexibility index (Phi) is 17.0. The topological polar surface area (TPSA) is 63.6 Å². The molecule has 0 saturated carbocycles. The van der Waals surface area contributed by atoms with Gasteiger partial charge in [0.1, 0.15) is 6.10 Å². The van der Waals surface area contributed by atoms with Crippen LogP contribution in [0.1, 0.15) is 117 Å². The Labute approximate surface area is 154 Å². The van der Waals surface area contributed by atoms with E-state index in [2.05, 4.69) is 13.8 Å². The fraction of sp³-hybridized carbons (Fsp3) is 0.905. The first-order valence-electron chi connectivity index (χ1n) is 10.5. The van der Waals surface area contributed by atoms with E-state index in [9.17, 15) is 9.59 Å². The van der Waals surface area contributed by atoms with Crippen molar-refractivity contribution in [2.75, 3.05) is 0 Å². The highest BCUT2D eigenvalue weighted by molar-refractivity contribution is 5.69. The Morgan fingerprint density at radius 3 is 1.88 bits per heavy atom. The number of carbonyl (C=O) groups is 2. The molecule has 0 aromatic carbocycles. The highest BCUT2D eigenvalue weighted by atomic mass is 16.5. The molecule has 1 atom stereocenters. The summed E-state index contributed by atoms with van der Waals surface area (Å²) in [6.45, 7) is 4.36. The van der Waals surface area contributed by atoms with Crippen LogP contribution in [0.15, 0.2) is 0 Å². The van der Waals surface area contributed by atoms with Gasteiger partial charge < -0.3 is 9.84 Å². The summed E-state index contributed by atoms with van der Waals surface area (Å²) in [7, 11) is 0. The van der Waals surface area contributed by atoms with Crippen LogP contribution in [-0.2, 0) is 14.3 Å². The van der Waals surface area contributed by atoms with Crippen molar-refractivity contribution in [2.45, 2.75) is 123 Å². The molecule has 4 nitrogen and oxygen atoms in total. The van der Waals surface area contributed by atoms with Crippen LogP contribution in [0.25, 0.3) is 0 Å². The van der Waals surface area contributed by atoms with Gasteiger partial charge in [-0.25, -0.2) is 0 Å². The van der Waals surface area contributed by atoms with Crippen LogP contribution in [0.4, 0.5) is 0 Å². The van der Waals surface area contributed by atoms with Crippen molar-refractivity contribution in [1.82, 2.24) is 0 Å². The Bertz CT molecular complexity index is 328. The molecule has 0 fully saturated rings. The van der Waals surface area contributed by atoms with Crippen LogP contribution >= 0.6 is 0 Å². The van der Waals surface area contributed by atoms with Gasteiger partial charge in [-0.3, -0.25) is 9.59 Å². The predicted molar refractivity (Wildman–Crippen MR) is 103 cm³/mol. The molecular weight excluding hydrogens is 316 g/mol. The first kappa shape index (κ1) is 23.9. The molecule has 148 valence electrons. The molecular formula is C21H40O4. The second-order valence-electron chi connectivity index (χ2n) is 7.12. The van der Waals surface area contributed by atoms with Crippen molar-refractivity contribution in [1.29, 1.82) is 0 Å². The summed E-state index contributed by atoms with van der Waals surface area (Å²) in [6, 6.07) is 0. The quantitative estimate of drug-likeness (QED) is 0.232. The van der Waals surface area contributed by atoms with E-state index in [0.29, 0.717) is 12.8 Å². The Morgan fingerprint density at radius 1 is 0.720 bits per heavy atom. The second kappa shape index (κ2) is 17.8. The minimum absolute atomic E-state index is 0.0156. The Balaban J connectivity index is 3.82. The number of esters is 1. The number of unbranched alkanes of at least 4 members (excludes halogenated alkanes) is 9. The van der Waals surface area contributed by atoms with Crippen molar-refractivity contribution < 1.29 is 19.4 Å². The van der Waals surface area contributed by atoms with Crippen LogP contribution in [-0.4, -0.2) is 23.1 Å². The third-order valence-electron chi connectivity index (χ3n) is 4.58. The van der Waals surface area contributed by atoms with Gasteiger partial charge in [0.2, 0.25) is 0 Å². The summed E-state index contributed by atoms with van der Waals surface area (Å²) >= 11 is 0. The van der Waals surface area contributed by atoms with Crippen LogP contribution in [0, 0.1) is 0 Å². The lowest BCUT2D eigenvalue weighted by atomic mass is 10.0. The number of rotatable bonds is 18. The van der Waals surface area contributed by atoms with Crippen LogP contribution in [0.2, 0.25) is 0 Å². The number of aliphatic carboxylic acids is 1. The SMILES string of the molecule is CCCCCCCCCC(=O)OC(CCCC)CCCCCC(=O)O. The lowest BCUT2D eigenvalue weighted by Crippen LogP contribution is -2.18. The first-order chi connectivity index (χ1) is 12.1. The fourth-order valence-corrected chi connectivity index (χ4v) is 2.99. The van der Waals surface area contributed by atoms with Crippen LogP contribution in [0.3, 0.4) is 0 Å². The summed E-state index contributed by atoms with van der Waals surface area (Å²) < 4.78 is 5.67. The van der Waals surface area contributed by atoms with Gasteiger partial charge in [-0.15, -0.1) is 0 Å². The maximum atomic E-state index is 12.0. The standard InChI is InChI=1S/C21H40O4/c1-3-5-7-8-9-10-14-18-21(24)25-19(15-6-4-2)16-12-11-13-17-20(22)23/h19H,3-18H2,1-2H3,(H,22,23). The zero-order valence-corrected chi connectivity index (χ0v) is 16.6. The molecule has 0 amide bonds. The first-order valence-corrected chi connectivity index (χ1v) is 10.5. The van der Waals surface area contributed by atoms with Crippen LogP contribution < -0.4 is 0 Å². The molecule has 1 N–H and O–H groups in total. The molecule has 1 unspecified atom stereocenters. The molecule has 0 aromatic heterocycles. The summed E-state index contributed by atoms with van der Waals surface area (Å²) in [6.07, 6.45) is 15.7. The largest absolute Gasteiger partial charge is 0.481 e. The van der Waals surface area contributed by atoms with Gasteiger partial charge in [0.25, 0.3) is 0 Å². The van der Waals surface area contributed by atoms with Gasteiger partial charge in [-0.2, -0.15) is 0 Å². The summed E-state index contributed by atoms with van der Waals surface area (Å²) in [4.78, 5) is 22.5. The third kappa shape index (κ3) is 17.6. The van der Waals surface area contributed by atoms with E-state index in [1.54, 1.807) is 0 Å². The number of hydrogen-bond donors (Lipinski definition) is 1. The van der Waals surface area contributed by atoms with E-state index < -0.39 is 5.97 Å². The molecule has 4 heteroatoms. The molecule has 0 spiro atoms. The number of carboxylic acid groups (broad SMARTS) is 1. The van der Waals surface area contributed by atoms with Gasteiger partial charge in [0.05, 0.1) is 0 Å². The highest BCUT2D eigenvalue weighted by Crippen LogP contribution is 2.16. The lowest BCUT2D eigenvalue weighted by Gasteiger charge is -2.17. The fourth-order valence-electron chi connectivity index (χ4n) is 2.99. The molecule has 0 aromatic rings. The van der Waals surface area contributed by atoms with E-state index in [0.717, 1.165) is 51.4 Å². The average molecular weight is 357 g/mol. The maximum Gasteiger partial charge on any atom is 0.306 e. The molecule has 0 saturated heterocycles. The monoisotopic (exact) mass is 356 g/mol. The van der Waals surface area contributed by atoms with Crippen molar-refractivity contribution in [3.8, 4) is 0 Å². The van der Waals surface area contributed by atoms with Gasteiger partial charge in [-0.1, -0.05) is 71.6 Å². The predicted octanol–water partition coefficient (Wildman–Crippen LogP) is 6.26. The van der Waals surface area contributed by atoms with Crippen molar-refractivity contribution in [3.63, 3.8) is 0 Å². The van der Waals surface area contributed by atoms with Crippen molar-refractivity contribution in [2.24, 2.45) is 0 Å². The minimum Gasteiger partial charge on any atom is -0.481 e. The van der Waals surface area contributed by atoms with Gasteiger partial charge in [0, 0.05) is 12.8 Å². The van der Waals surface area contributed by atoms with Gasteiger partial charge in [-0.05, 0) is 32.1 Å². The van der Waals surface area contributed by atoms with E-state index in [1.807, 2.05) is 0 Å². The second-order valence-corrected chi connectivity index (χ2v) is 7.12. The van der Waals surface area contributed by atoms with Crippen molar-refractivity contribution >= 4 is 11.9 Å². The zero-order chi connectivity index (χ0) is 18.8. The average Bonchev–Trinajstić information content (AvgIpc) is 2.58. The summed E-state index contributed by atoms with van der Waals surface area (Å²) in [5.74, 6) is -0.788. The molecule has 0 aliphatic heterocycles. The molecule has 25 heavy (non-hydrogen) atoms. The number of hydrogen-bond acceptors (Lipinski definition) is 3. The minimum atomic E-state index is -0.733. The lowest BCUT2D eigenvalue weighted by molar-refractivity contribution is -0.150. The molecule has 0 aliphatic carbocycles. The maximum absolute atomic E-state index is 12.0. The zero-order valence-electron chi connectivity index (χ0n) is 16.6. The summed E-state index contributed by atoms with van der Waals surface area (Å²) in [5.41, 5.74) is 0. The molecule has 0 heterocycles. The molecule has 0 radical (unpaired) electrons. The number of carbonyl (C=O) groups excluding carboxylic acids is 1. The van der Waals surface area contributed by atoms with Gasteiger partial charge in [0.15, 0.2) is 0 Å². The van der Waals surface area contributed by atoms with E-state index in [-0.39, 0.29) is 18.5 Å². The van der Waals surface area contributed by atoms with E-state index in [1.165, 1.54) is 32.1 Å². The smallest absolute Gasteiger partial charge is 0.306 e. The van der Waals surface area contributed by atoms with Crippen molar-refractivity contribution in [3.05, 3.63) is 0 Å². The molecule has 0 rings (SSSR count).